The molecule has 1 aromatic carbocycles. The third-order valence-corrected chi connectivity index (χ3v) is 23.2. The van der Waals surface area contributed by atoms with Crippen LogP contribution in [-0.4, -0.2) is 9.59 Å². The van der Waals surface area contributed by atoms with E-state index in [1.807, 2.05) is 40.9 Å². The summed E-state index contributed by atoms with van der Waals surface area (Å²) in [4.78, 5) is 10.8. The van der Waals surface area contributed by atoms with Crippen LogP contribution in [0.4, 0.5) is 4.39 Å². The molecule has 0 radical (unpaired) electrons. The van der Waals surface area contributed by atoms with Crippen LogP contribution in [0.25, 0.3) is 49.9 Å². The van der Waals surface area contributed by atoms with E-state index in [1.165, 1.54) is 314 Å². The Hall–Kier alpha value is -2.23. The van der Waals surface area contributed by atoms with Crippen molar-refractivity contribution in [3.05, 3.63) is 69.8 Å². The van der Waals surface area contributed by atoms with Crippen LogP contribution in [0.1, 0.15) is 306 Å². The van der Waals surface area contributed by atoms with Crippen molar-refractivity contribution in [2.24, 2.45) is 11.8 Å². The number of unbranched alkanes of at least 4 members (excludes halogenated alkanes) is 32. The van der Waals surface area contributed by atoms with Gasteiger partial charge in [0.2, 0.25) is 0 Å². The SMILES string of the molecule is CCCCCCCCCCCCC(CCCCCCCCCC)Cc1cc(C)sc1-c1ccc(-c2ccc(-c3sc(-c4c(F)cc(C)c5nnsc45)cc3CC(CCCCCCCCCC)CCCCCCCCCCCC)s2)s1. The van der Waals surface area contributed by atoms with E-state index in [1.54, 1.807) is 23.0 Å². The number of halogens is 1. The summed E-state index contributed by atoms with van der Waals surface area (Å²) >= 11 is 9.10. The molecule has 6 aromatic rings. The maximum atomic E-state index is 16.4. The van der Waals surface area contributed by atoms with Gasteiger partial charge >= 0.3 is 0 Å². The van der Waals surface area contributed by atoms with Gasteiger partial charge in [-0.3, -0.25) is 0 Å². The van der Waals surface area contributed by atoms with E-state index in [4.69, 9.17) is 0 Å². The summed E-state index contributed by atoms with van der Waals surface area (Å²) in [6.45, 7) is 13.6. The lowest BCUT2D eigenvalue weighted by Crippen LogP contribution is -2.05. The molecule has 0 N–H and O–H groups in total. The fourth-order valence-electron chi connectivity index (χ4n) is 12.6. The van der Waals surface area contributed by atoms with Crippen molar-refractivity contribution in [3.8, 4) is 39.7 Å². The van der Waals surface area contributed by atoms with E-state index in [9.17, 15) is 0 Å². The summed E-state index contributed by atoms with van der Waals surface area (Å²) in [5, 5.41) is 4.48. The van der Waals surface area contributed by atoms with E-state index in [0.29, 0.717) is 11.5 Å². The lowest BCUT2D eigenvalue weighted by Gasteiger charge is -2.17. The Balaban J connectivity index is 1.18. The smallest absolute Gasteiger partial charge is 0.133 e. The second-order valence-corrected chi connectivity index (χ2v) is 29.8. The zero-order valence-electron chi connectivity index (χ0n) is 51.7. The average Bonchev–Trinajstić information content (AvgIpc) is 4.37. The monoisotopic (exact) mass is 1180 g/mol. The molecule has 0 aliphatic rings. The van der Waals surface area contributed by atoms with Crippen molar-refractivity contribution >= 4 is 67.1 Å². The number of hydrogen-bond donors (Lipinski definition) is 0. The van der Waals surface area contributed by atoms with Crippen LogP contribution in [0.15, 0.2) is 42.5 Å². The van der Waals surface area contributed by atoms with Crippen LogP contribution < -0.4 is 0 Å². The van der Waals surface area contributed by atoms with Gasteiger partial charge in [-0.25, -0.2) is 4.39 Å². The fraction of sp³-hybridized carbons (Fsp3) is 0.694. The van der Waals surface area contributed by atoms with Crippen molar-refractivity contribution in [3.63, 3.8) is 0 Å². The van der Waals surface area contributed by atoms with E-state index in [2.05, 4.69) is 80.6 Å². The number of thiophene rings is 4. The molecule has 5 heterocycles. The number of rotatable bonds is 48. The molecule has 0 bridgehead atoms. The lowest BCUT2D eigenvalue weighted by molar-refractivity contribution is 0.400. The Labute approximate surface area is 510 Å². The van der Waals surface area contributed by atoms with Crippen molar-refractivity contribution in [1.29, 1.82) is 0 Å². The molecule has 2 atom stereocenters. The van der Waals surface area contributed by atoms with Gasteiger partial charge in [0.15, 0.2) is 0 Å². The van der Waals surface area contributed by atoms with Gasteiger partial charge in [-0.15, -0.1) is 50.4 Å². The highest BCUT2D eigenvalue weighted by Gasteiger charge is 2.24. The minimum absolute atomic E-state index is 0.152. The van der Waals surface area contributed by atoms with Gasteiger partial charge in [-0.1, -0.05) is 289 Å². The zero-order chi connectivity index (χ0) is 56.4. The molecular formula is C72H111FN2S5. The topological polar surface area (TPSA) is 25.8 Å². The van der Waals surface area contributed by atoms with Crippen LogP contribution in [0, 0.1) is 31.5 Å². The molecule has 446 valence electrons. The summed E-state index contributed by atoms with van der Waals surface area (Å²) in [7, 11) is 0. The quantitative estimate of drug-likeness (QED) is 0.0356. The van der Waals surface area contributed by atoms with Crippen LogP contribution >= 0.6 is 56.9 Å². The Kier molecular flexibility index (Phi) is 33.6. The Morgan fingerprint density at radius 1 is 0.388 bits per heavy atom. The first kappa shape index (κ1) is 66.9. The first-order valence-electron chi connectivity index (χ1n) is 33.7. The molecule has 0 amide bonds. The molecule has 6 rings (SSSR count). The molecule has 0 spiro atoms. The molecule has 5 aromatic heterocycles. The molecule has 0 aliphatic heterocycles. The predicted octanol–water partition coefficient (Wildman–Crippen LogP) is 27.4. The highest BCUT2D eigenvalue weighted by atomic mass is 32.1. The minimum Gasteiger partial charge on any atom is -0.206 e. The van der Waals surface area contributed by atoms with E-state index in [-0.39, 0.29) is 5.82 Å². The normalized spacial score (nSPS) is 12.7. The van der Waals surface area contributed by atoms with Gasteiger partial charge in [0.05, 0.1) is 4.70 Å². The van der Waals surface area contributed by atoms with E-state index in [0.717, 1.165) is 33.0 Å². The molecule has 2 nitrogen and oxygen atoms in total. The summed E-state index contributed by atoms with van der Waals surface area (Å²) < 4.78 is 21.6. The number of benzene rings is 1. The third kappa shape index (κ3) is 23.7. The van der Waals surface area contributed by atoms with Crippen LogP contribution in [0.5, 0.6) is 0 Å². The number of nitrogens with zero attached hydrogens (tertiary/aromatic N) is 2. The first-order chi connectivity index (χ1) is 39.3. The summed E-state index contributed by atoms with van der Waals surface area (Å²) in [6, 6.07) is 16.2. The molecule has 8 heteroatoms. The molecule has 0 fully saturated rings. The van der Waals surface area contributed by atoms with Crippen molar-refractivity contribution in [2.75, 3.05) is 0 Å². The highest BCUT2D eigenvalue weighted by molar-refractivity contribution is 7.29. The molecular weight excluding hydrogens is 1070 g/mol. The fourth-order valence-corrected chi connectivity index (χ4v) is 18.1. The van der Waals surface area contributed by atoms with Crippen LogP contribution in [0.2, 0.25) is 0 Å². The van der Waals surface area contributed by atoms with Gasteiger partial charge in [-0.2, -0.15) is 0 Å². The standard InChI is InChI=1S/C72H111FN2S5/c1-7-11-15-19-23-27-29-33-37-40-44-58(43-39-35-31-25-21-17-13-9-3)53-60-52-57(6)76-70(60)65-49-47-63(77-65)64-48-50-66(78-64)71-61(55-67(79-71)68-62(73)51-56(5)69-72(68)80-75-74-69)54-59(45-41-36-32-26-22-18-14-10-4)46-42-38-34-30-28-24-20-16-12-8-2/h47-52,55,58-59H,7-46,53-54H2,1-6H3. The summed E-state index contributed by atoms with van der Waals surface area (Å²) in [5.74, 6) is 1.25. The zero-order valence-corrected chi connectivity index (χ0v) is 55.8. The Bertz CT molecular complexity index is 2520. The van der Waals surface area contributed by atoms with Crippen molar-refractivity contribution in [1.82, 2.24) is 9.59 Å². The molecule has 0 aliphatic carbocycles. The van der Waals surface area contributed by atoms with Crippen LogP contribution in [0.3, 0.4) is 0 Å². The summed E-state index contributed by atoms with van der Waals surface area (Å²) in [5.41, 5.74) is 5.39. The number of aryl methyl sites for hydroxylation is 2. The molecule has 0 saturated carbocycles. The third-order valence-electron chi connectivity index (χ3n) is 17.4. The minimum atomic E-state index is -0.152. The van der Waals surface area contributed by atoms with Gasteiger partial charge in [0, 0.05) is 44.6 Å². The Morgan fingerprint density at radius 2 is 0.738 bits per heavy atom. The lowest BCUT2D eigenvalue weighted by atomic mass is 9.88. The van der Waals surface area contributed by atoms with E-state index >= 15 is 4.39 Å². The van der Waals surface area contributed by atoms with Gasteiger partial charge < -0.3 is 0 Å². The van der Waals surface area contributed by atoms with Gasteiger partial charge in [0.25, 0.3) is 0 Å². The first-order valence-corrected chi connectivity index (χ1v) is 37.7. The summed E-state index contributed by atoms with van der Waals surface area (Å²) in [6.07, 6.45) is 57.5. The second-order valence-electron chi connectivity index (χ2n) is 24.6. The maximum absolute atomic E-state index is 16.4. The Morgan fingerprint density at radius 3 is 1.14 bits per heavy atom. The molecule has 2 unspecified atom stereocenters. The number of aromatic nitrogens is 2. The average molecular weight is 1180 g/mol. The second kappa shape index (κ2) is 40.2. The molecule has 80 heavy (non-hydrogen) atoms. The number of hydrogen-bond acceptors (Lipinski definition) is 7. The van der Waals surface area contributed by atoms with E-state index < -0.39 is 0 Å². The number of fused-ring (bicyclic) bond motifs is 1. The van der Waals surface area contributed by atoms with Crippen LogP contribution in [-0.2, 0) is 12.8 Å². The van der Waals surface area contributed by atoms with Gasteiger partial charge in [-0.05, 0) is 109 Å². The van der Waals surface area contributed by atoms with Gasteiger partial charge in [0.1, 0.15) is 11.3 Å². The maximum Gasteiger partial charge on any atom is 0.133 e. The van der Waals surface area contributed by atoms with Crippen molar-refractivity contribution < 1.29 is 4.39 Å². The largest absolute Gasteiger partial charge is 0.206 e. The van der Waals surface area contributed by atoms with Crippen molar-refractivity contribution in [2.45, 2.75) is 311 Å². The highest BCUT2D eigenvalue weighted by Crippen LogP contribution is 2.49. The molecule has 0 saturated heterocycles. The predicted molar refractivity (Wildman–Crippen MR) is 362 cm³/mol.